The van der Waals surface area contributed by atoms with Gasteiger partial charge in [-0.2, -0.15) is 0 Å². The molecular formula is C10H23N. The monoisotopic (exact) mass is 157 g/mol. The highest BCUT2D eigenvalue weighted by Gasteiger charge is 2.23. The maximum Gasteiger partial charge on any atom is 0.0124 e. The van der Waals surface area contributed by atoms with Gasteiger partial charge in [-0.25, -0.2) is 0 Å². The first-order valence-electron chi connectivity index (χ1n) is 4.49. The third-order valence-corrected chi connectivity index (χ3v) is 2.63. The van der Waals surface area contributed by atoms with E-state index in [1.165, 1.54) is 0 Å². The van der Waals surface area contributed by atoms with Crippen LogP contribution in [0.15, 0.2) is 0 Å². The van der Waals surface area contributed by atoms with Crippen molar-refractivity contribution in [2.24, 2.45) is 5.92 Å². The summed E-state index contributed by atoms with van der Waals surface area (Å²) in [6.07, 6.45) is 0. The Balaban J connectivity index is 4.13. The van der Waals surface area contributed by atoms with Gasteiger partial charge in [0.15, 0.2) is 0 Å². The standard InChI is InChI=1S/C10H23N/c1-8(2)9(3)11(7)10(4,5)6/h8-9H,1-7H3. The number of hydrogen-bond donors (Lipinski definition) is 0. The molecule has 0 bridgehead atoms. The predicted octanol–water partition coefficient (Wildman–Crippen LogP) is 2.76. The summed E-state index contributed by atoms with van der Waals surface area (Å²) in [6.45, 7) is 13.6. The van der Waals surface area contributed by atoms with Gasteiger partial charge in [0.1, 0.15) is 0 Å². The van der Waals surface area contributed by atoms with E-state index in [1.807, 2.05) is 0 Å². The van der Waals surface area contributed by atoms with Crippen LogP contribution in [0.2, 0.25) is 0 Å². The Morgan fingerprint density at radius 3 is 1.45 bits per heavy atom. The van der Waals surface area contributed by atoms with Crippen molar-refractivity contribution in [1.82, 2.24) is 4.90 Å². The van der Waals surface area contributed by atoms with Gasteiger partial charge in [0.2, 0.25) is 0 Å². The second-order valence-electron chi connectivity index (χ2n) is 4.77. The summed E-state index contributed by atoms with van der Waals surface area (Å²) in [5.41, 5.74) is 0.295. The third-order valence-electron chi connectivity index (χ3n) is 2.63. The Labute approximate surface area is 71.8 Å². The zero-order chi connectivity index (χ0) is 9.23. The minimum Gasteiger partial charge on any atom is -0.299 e. The van der Waals surface area contributed by atoms with Gasteiger partial charge < -0.3 is 0 Å². The summed E-state index contributed by atoms with van der Waals surface area (Å²) in [6, 6.07) is 0.662. The van der Waals surface area contributed by atoms with Gasteiger partial charge >= 0.3 is 0 Å². The second-order valence-corrected chi connectivity index (χ2v) is 4.77. The van der Waals surface area contributed by atoms with Crippen LogP contribution in [0.4, 0.5) is 0 Å². The van der Waals surface area contributed by atoms with Gasteiger partial charge in [-0.15, -0.1) is 0 Å². The van der Waals surface area contributed by atoms with Crippen molar-refractivity contribution in [3.63, 3.8) is 0 Å². The van der Waals surface area contributed by atoms with E-state index in [9.17, 15) is 0 Å². The quantitative estimate of drug-likeness (QED) is 0.596. The van der Waals surface area contributed by atoms with Gasteiger partial charge in [-0.1, -0.05) is 13.8 Å². The maximum atomic E-state index is 2.43. The van der Waals surface area contributed by atoms with Crippen molar-refractivity contribution in [2.75, 3.05) is 7.05 Å². The molecule has 0 aromatic carbocycles. The fourth-order valence-electron chi connectivity index (χ4n) is 1.06. The molecule has 0 fully saturated rings. The highest BCUT2D eigenvalue weighted by molar-refractivity contribution is 4.79. The molecule has 0 saturated carbocycles. The maximum absolute atomic E-state index is 2.43. The number of nitrogens with zero attached hydrogens (tertiary/aromatic N) is 1. The summed E-state index contributed by atoms with van der Waals surface area (Å²) in [5.74, 6) is 0.735. The van der Waals surface area contributed by atoms with Crippen LogP contribution in [0.1, 0.15) is 41.5 Å². The second kappa shape index (κ2) is 3.57. The fourth-order valence-corrected chi connectivity index (χ4v) is 1.06. The summed E-state index contributed by atoms with van der Waals surface area (Å²) >= 11 is 0. The molecule has 0 aliphatic heterocycles. The van der Waals surface area contributed by atoms with E-state index in [4.69, 9.17) is 0 Å². The molecule has 0 aromatic rings. The molecular weight excluding hydrogens is 134 g/mol. The zero-order valence-electron chi connectivity index (χ0n) is 9.10. The van der Waals surface area contributed by atoms with Gasteiger partial charge in [0, 0.05) is 11.6 Å². The van der Waals surface area contributed by atoms with Crippen molar-refractivity contribution in [3.8, 4) is 0 Å². The van der Waals surface area contributed by atoms with Gasteiger partial charge in [0.05, 0.1) is 0 Å². The molecule has 0 amide bonds. The van der Waals surface area contributed by atoms with E-state index in [-0.39, 0.29) is 0 Å². The Morgan fingerprint density at radius 2 is 1.36 bits per heavy atom. The molecule has 0 N–H and O–H groups in total. The third kappa shape index (κ3) is 3.24. The molecule has 1 heteroatoms. The Bertz CT molecular complexity index is 111. The van der Waals surface area contributed by atoms with Crippen LogP contribution in [0.25, 0.3) is 0 Å². The van der Waals surface area contributed by atoms with Crippen molar-refractivity contribution >= 4 is 0 Å². The average molecular weight is 157 g/mol. The summed E-state index contributed by atoms with van der Waals surface area (Å²) in [7, 11) is 2.20. The predicted molar refractivity (Wildman–Crippen MR) is 51.8 cm³/mol. The molecule has 0 heterocycles. The molecule has 0 aromatic heterocycles. The van der Waals surface area contributed by atoms with E-state index < -0.39 is 0 Å². The van der Waals surface area contributed by atoms with Crippen molar-refractivity contribution in [2.45, 2.75) is 53.1 Å². The van der Waals surface area contributed by atoms with E-state index >= 15 is 0 Å². The summed E-state index contributed by atoms with van der Waals surface area (Å²) < 4.78 is 0. The summed E-state index contributed by atoms with van der Waals surface area (Å²) in [5, 5.41) is 0. The first-order chi connectivity index (χ1) is 4.76. The van der Waals surface area contributed by atoms with Gasteiger partial charge in [-0.3, -0.25) is 4.90 Å². The van der Waals surface area contributed by atoms with Crippen LogP contribution in [0.5, 0.6) is 0 Å². The normalized spacial score (nSPS) is 16.1. The molecule has 0 spiro atoms. The highest BCUT2D eigenvalue weighted by Crippen LogP contribution is 2.18. The molecule has 0 aliphatic rings. The van der Waals surface area contributed by atoms with Crippen LogP contribution >= 0.6 is 0 Å². The molecule has 68 valence electrons. The molecule has 1 nitrogen and oxygen atoms in total. The molecule has 0 rings (SSSR count). The average Bonchev–Trinajstić information content (AvgIpc) is 1.82. The van der Waals surface area contributed by atoms with E-state index in [2.05, 4.69) is 53.5 Å². The first kappa shape index (κ1) is 11.0. The lowest BCUT2D eigenvalue weighted by atomic mass is 9.98. The van der Waals surface area contributed by atoms with Crippen LogP contribution in [-0.2, 0) is 0 Å². The molecule has 0 aliphatic carbocycles. The first-order valence-corrected chi connectivity index (χ1v) is 4.49. The van der Waals surface area contributed by atoms with Crippen LogP contribution in [0.3, 0.4) is 0 Å². The van der Waals surface area contributed by atoms with Gasteiger partial charge in [-0.05, 0) is 40.7 Å². The van der Waals surface area contributed by atoms with E-state index in [0.29, 0.717) is 11.6 Å². The lowest BCUT2D eigenvalue weighted by molar-refractivity contribution is 0.0987. The van der Waals surface area contributed by atoms with E-state index in [1.54, 1.807) is 0 Å². The molecule has 0 radical (unpaired) electrons. The smallest absolute Gasteiger partial charge is 0.0124 e. The lowest BCUT2D eigenvalue weighted by Crippen LogP contribution is -2.46. The van der Waals surface area contributed by atoms with Crippen LogP contribution < -0.4 is 0 Å². The highest BCUT2D eigenvalue weighted by atomic mass is 15.2. The molecule has 1 unspecified atom stereocenters. The van der Waals surface area contributed by atoms with Crippen molar-refractivity contribution in [1.29, 1.82) is 0 Å². The lowest BCUT2D eigenvalue weighted by Gasteiger charge is -2.38. The van der Waals surface area contributed by atoms with E-state index in [0.717, 1.165) is 5.92 Å². The fraction of sp³-hybridized carbons (Fsp3) is 1.00. The topological polar surface area (TPSA) is 3.24 Å². The Hall–Kier alpha value is -0.0400. The van der Waals surface area contributed by atoms with Crippen LogP contribution in [-0.4, -0.2) is 23.5 Å². The van der Waals surface area contributed by atoms with Crippen molar-refractivity contribution in [3.05, 3.63) is 0 Å². The Morgan fingerprint density at radius 1 is 1.00 bits per heavy atom. The zero-order valence-corrected chi connectivity index (χ0v) is 9.10. The SMILES string of the molecule is CC(C)C(C)N(C)C(C)(C)C. The van der Waals surface area contributed by atoms with Crippen molar-refractivity contribution < 1.29 is 0 Å². The minimum atomic E-state index is 0.295. The molecule has 0 saturated heterocycles. The minimum absolute atomic E-state index is 0.295. The number of rotatable bonds is 2. The Kier molecular flexibility index (Phi) is 3.56. The molecule has 1 atom stereocenters. The summed E-state index contributed by atoms with van der Waals surface area (Å²) in [4.78, 5) is 2.43. The largest absolute Gasteiger partial charge is 0.299 e. The van der Waals surface area contributed by atoms with Gasteiger partial charge in [0.25, 0.3) is 0 Å². The number of hydrogen-bond acceptors (Lipinski definition) is 1. The van der Waals surface area contributed by atoms with Crippen LogP contribution in [0, 0.1) is 5.92 Å². The molecule has 11 heavy (non-hydrogen) atoms.